The van der Waals surface area contributed by atoms with Crippen LogP contribution >= 0.6 is 0 Å². The Bertz CT molecular complexity index is 359. The molecule has 0 bridgehead atoms. The summed E-state index contributed by atoms with van der Waals surface area (Å²) in [7, 11) is 1.56. The van der Waals surface area contributed by atoms with Gasteiger partial charge in [-0.1, -0.05) is 18.9 Å². The van der Waals surface area contributed by atoms with Crippen molar-refractivity contribution in [3.05, 3.63) is 23.8 Å². The zero-order valence-electron chi connectivity index (χ0n) is 10.4. The van der Waals surface area contributed by atoms with Crippen LogP contribution in [-0.2, 0) is 6.54 Å². The summed E-state index contributed by atoms with van der Waals surface area (Å²) in [5, 5.41) is 13.1. The lowest BCUT2D eigenvalue weighted by atomic mass is 10.1. The molecule has 0 atom stereocenters. The number of rotatable bonds is 5. The van der Waals surface area contributed by atoms with Crippen molar-refractivity contribution in [1.29, 1.82) is 0 Å². The van der Waals surface area contributed by atoms with E-state index in [-0.39, 0.29) is 5.75 Å². The summed E-state index contributed by atoms with van der Waals surface area (Å²) >= 11 is 0. The van der Waals surface area contributed by atoms with E-state index in [1.54, 1.807) is 13.2 Å². The Morgan fingerprint density at radius 1 is 1.35 bits per heavy atom. The summed E-state index contributed by atoms with van der Waals surface area (Å²) in [6.45, 7) is 1.90. The van der Waals surface area contributed by atoms with Gasteiger partial charge in [0.15, 0.2) is 11.5 Å². The van der Waals surface area contributed by atoms with E-state index in [0.717, 1.165) is 24.6 Å². The van der Waals surface area contributed by atoms with Crippen molar-refractivity contribution in [2.45, 2.75) is 32.2 Å². The number of phenolic OH excluding ortho intramolecular Hbond substituents is 1. The molecular weight excluding hydrogens is 214 g/mol. The van der Waals surface area contributed by atoms with Crippen LogP contribution in [0.15, 0.2) is 18.2 Å². The van der Waals surface area contributed by atoms with Crippen LogP contribution < -0.4 is 10.1 Å². The molecule has 1 aliphatic carbocycles. The SMILES string of the molecule is COc1ccc(CNCC2CCCC2)cc1O. The van der Waals surface area contributed by atoms with Crippen LogP contribution in [0.1, 0.15) is 31.2 Å². The highest BCUT2D eigenvalue weighted by atomic mass is 16.5. The van der Waals surface area contributed by atoms with E-state index in [0.29, 0.717) is 5.75 Å². The van der Waals surface area contributed by atoms with Crippen molar-refractivity contribution in [2.24, 2.45) is 5.92 Å². The molecule has 0 saturated heterocycles. The van der Waals surface area contributed by atoms with Crippen LogP contribution in [-0.4, -0.2) is 18.8 Å². The van der Waals surface area contributed by atoms with Gasteiger partial charge in [-0.3, -0.25) is 0 Å². The minimum Gasteiger partial charge on any atom is -0.504 e. The van der Waals surface area contributed by atoms with E-state index in [9.17, 15) is 5.11 Å². The van der Waals surface area contributed by atoms with Gasteiger partial charge in [0.05, 0.1) is 7.11 Å². The summed E-state index contributed by atoms with van der Waals surface area (Å²) in [5.74, 6) is 1.60. The first-order valence-electron chi connectivity index (χ1n) is 6.36. The van der Waals surface area contributed by atoms with E-state index in [1.165, 1.54) is 25.7 Å². The van der Waals surface area contributed by atoms with E-state index in [1.807, 2.05) is 12.1 Å². The summed E-state index contributed by atoms with van der Waals surface area (Å²) < 4.78 is 5.02. The Morgan fingerprint density at radius 3 is 2.76 bits per heavy atom. The van der Waals surface area contributed by atoms with Crippen molar-refractivity contribution in [3.63, 3.8) is 0 Å². The van der Waals surface area contributed by atoms with E-state index in [4.69, 9.17) is 4.74 Å². The lowest BCUT2D eigenvalue weighted by molar-refractivity contribution is 0.373. The molecule has 1 aromatic rings. The zero-order chi connectivity index (χ0) is 12.1. The van der Waals surface area contributed by atoms with Crippen molar-refractivity contribution >= 4 is 0 Å². The maximum Gasteiger partial charge on any atom is 0.160 e. The summed E-state index contributed by atoms with van der Waals surface area (Å²) in [6.07, 6.45) is 5.49. The van der Waals surface area contributed by atoms with Crippen molar-refractivity contribution in [1.82, 2.24) is 5.32 Å². The first-order chi connectivity index (χ1) is 8.29. The highest BCUT2D eigenvalue weighted by Gasteiger charge is 2.14. The first kappa shape index (κ1) is 12.2. The number of phenols is 1. The smallest absolute Gasteiger partial charge is 0.160 e. The fourth-order valence-electron chi connectivity index (χ4n) is 2.48. The van der Waals surface area contributed by atoms with E-state index in [2.05, 4.69) is 5.32 Å². The highest BCUT2D eigenvalue weighted by molar-refractivity contribution is 5.41. The number of benzene rings is 1. The lowest BCUT2D eigenvalue weighted by Gasteiger charge is -2.11. The van der Waals surface area contributed by atoms with Gasteiger partial charge in [-0.2, -0.15) is 0 Å². The van der Waals surface area contributed by atoms with Gasteiger partial charge in [0.2, 0.25) is 0 Å². The molecule has 1 aromatic carbocycles. The van der Waals surface area contributed by atoms with Crippen molar-refractivity contribution in [3.8, 4) is 11.5 Å². The average Bonchev–Trinajstić information content (AvgIpc) is 2.82. The van der Waals surface area contributed by atoms with Crippen molar-refractivity contribution in [2.75, 3.05) is 13.7 Å². The molecule has 1 saturated carbocycles. The van der Waals surface area contributed by atoms with Crippen LogP contribution in [0.5, 0.6) is 11.5 Å². The molecule has 0 spiro atoms. The predicted octanol–water partition coefficient (Wildman–Crippen LogP) is 2.68. The quantitative estimate of drug-likeness (QED) is 0.824. The van der Waals surface area contributed by atoms with Crippen LogP contribution in [0.25, 0.3) is 0 Å². The van der Waals surface area contributed by atoms with Crippen LogP contribution in [0.3, 0.4) is 0 Å². The molecule has 1 fully saturated rings. The monoisotopic (exact) mass is 235 g/mol. The average molecular weight is 235 g/mol. The lowest BCUT2D eigenvalue weighted by Crippen LogP contribution is -2.20. The Hall–Kier alpha value is -1.22. The third-order valence-electron chi connectivity index (χ3n) is 3.48. The van der Waals surface area contributed by atoms with Gasteiger partial charge >= 0.3 is 0 Å². The number of hydrogen-bond acceptors (Lipinski definition) is 3. The number of hydrogen-bond donors (Lipinski definition) is 2. The zero-order valence-corrected chi connectivity index (χ0v) is 10.4. The topological polar surface area (TPSA) is 41.5 Å². The van der Waals surface area contributed by atoms with Gasteiger partial charge in [0.25, 0.3) is 0 Å². The second-order valence-corrected chi connectivity index (χ2v) is 4.79. The molecule has 0 heterocycles. The molecular formula is C14H21NO2. The molecule has 2 rings (SSSR count). The van der Waals surface area contributed by atoms with Gasteiger partial charge in [0.1, 0.15) is 0 Å². The normalized spacial score (nSPS) is 16.3. The maximum atomic E-state index is 9.65. The van der Waals surface area contributed by atoms with Gasteiger partial charge in [-0.05, 0) is 43.0 Å². The number of methoxy groups -OCH3 is 1. The minimum atomic E-state index is 0.215. The molecule has 1 aliphatic rings. The Kier molecular flexibility index (Phi) is 4.26. The standard InChI is InChI=1S/C14H21NO2/c1-17-14-7-6-12(8-13(14)16)10-15-9-11-4-2-3-5-11/h6-8,11,15-16H,2-5,9-10H2,1H3. The van der Waals surface area contributed by atoms with Gasteiger partial charge in [-0.15, -0.1) is 0 Å². The van der Waals surface area contributed by atoms with Gasteiger partial charge in [0, 0.05) is 6.54 Å². The first-order valence-corrected chi connectivity index (χ1v) is 6.36. The number of nitrogens with one attached hydrogen (secondary N) is 1. The Labute approximate surface area is 103 Å². The Balaban J connectivity index is 1.80. The fourth-order valence-corrected chi connectivity index (χ4v) is 2.48. The minimum absolute atomic E-state index is 0.215. The number of aromatic hydroxyl groups is 1. The summed E-state index contributed by atoms with van der Waals surface area (Å²) in [6, 6.07) is 5.56. The molecule has 0 amide bonds. The third kappa shape index (κ3) is 3.37. The second-order valence-electron chi connectivity index (χ2n) is 4.79. The molecule has 0 unspecified atom stereocenters. The molecule has 0 radical (unpaired) electrons. The molecule has 2 N–H and O–H groups in total. The van der Waals surface area contributed by atoms with E-state index >= 15 is 0 Å². The van der Waals surface area contributed by atoms with Crippen LogP contribution in [0.2, 0.25) is 0 Å². The fraction of sp³-hybridized carbons (Fsp3) is 0.571. The van der Waals surface area contributed by atoms with Crippen molar-refractivity contribution < 1.29 is 9.84 Å². The Morgan fingerprint density at radius 2 is 2.12 bits per heavy atom. The largest absolute Gasteiger partial charge is 0.504 e. The highest BCUT2D eigenvalue weighted by Crippen LogP contribution is 2.26. The van der Waals surface area contributed by atoms with Crippen LogP contribution in [0, 0.1) is 5.92 Å². The molecule has 0 aromatic heterocycles. The molecule has 0 aliphatic heterocycles. The second kappa shape index (κ2) is 5.92. The predicted molar refractivity (Wildman–Crippen MR) is 68.3 cm³/mol. The van der Waals surface area contributed by atoms with Gasteiger partial charge < -0.3 is 15.2 Å². The van der Waals surface area contributed by atoms with Gasteiger partial charge in [-0.25, -0.2) is 0 Å². The maximum absolute atomic E-state index is 9.65. The third-order valence-corrected chi connectivity index (χ3v) is 3.48. The molecule has 17 heavy (non-hydrogen) atoms. The van der Waals surface area contributed by atoms with E-state index < -0.39 is 0 Å². The molecule has 3 heteroatoms. The summed E-state index contributed by atoms with van der Waals surface area (Å²) in [4.78, 5) is 0. The van der Waals surface area contributed by atoms with Crippen LogP contribution in [0.4, 0.5) is 0 Å². The molecule has 3 nitrogen and oxygen atoms in total. The summed E-state index contributed by atoms with van der Waals surface area (Å²) in [5.41, 5.74) is 1.10. The molecule has 94 valence electrons. The number of ether oxygens (including phenoxy) is 1.